The molecule has 40 atom stereocenters. The third kappa shape index (κ3) is 14.4. The van der Waals surface area contributed by atoms with Crippen molar-refractivity contribution in [2.24, 2.45) is 0 Å². The van der Waals surface area contributed by atoms with Crippen molar-refractivity contribution in [2.45, 2.75) is 246 Å². The van der Waals surface area contributed by atoms with Crippen LogP contribution >= 0.6 is 0 Å². The van der Waals surface area contributed by atoms with Gasteiger partial charge in [-0.1, -0.05) is 0 Å². The number of aliphatic hydroxyl groups excluding tert-OH is 24. The fourth-order valence-electron chi connectivity index (χ4n) is 11.9. The lowest BCUT2D eigenvalue weighted by Gasteiger charge is -2.50. The molecule has 16 bridgehead atoms. The van der Waals surface area contributed by atoms with Gasteiger partial charge in [-0.25, -0.2) is 0 Å². The maximum atomic E-state index is 11.4. The molecule has 0 aromatic carbocycles. The van der Waals surface area contributed by atoms with Crippen LogP contribution in [0.1, 0.15) is 0 Å². The van der Waals surface area contributed by atoms with Crippen molar-refractivity contribution in [2.75, 3.05) is 52.9 Å². The molecule has 30 fully saturated rings. The zero-order chi connectivity index (χ0) is 64.1. The van der Waals surface area contributed by atoms with Gasteiger partial charge in [0, 0.05) is 0 Å². The molecule has 30 heterocycles. The van der Waals surface area contributed by atoms with Crippen molar-refractivity contribution in [1.82, 2.24) is 0 Å². The van der Waals surface area contributed by atoms with E-state index in [4.69, 9.17) is 75.8 Å². The van der Waals surface area contributed by atoms with Gasteiger partial charge in [-0.3, -0.25) is 0 Å². The average molecular weight is 1320 g/mol. The number of aliphatic hydroxyl groups is 24. The van der Waals surface area contributed by atoms with Crippen molar-refractivity contribution in [1.29, 1.82) is 0 Å². The molecule has 0 aromatic heterocycles. The summed E-state index contributed by atoms with van der Waals surface area (Å²) in [6, 6.07) is 0. The average Bonchev–Trinajstić information content (AvgIpc) is 1.07. The van der Waals surface area contributed by atoms with Gasteiger partial charge in [0.25, 0.3) is 0 Å². The van der Waals surface area contributed by atoms with Gasteiger partial charge >= 0.3 is 0 Å². The Labute approximate surface area is 501 Å². The highest BCUT2D eigenvalue weighted by Gasteiger charge is 2.60. The first kappa shape index (κ1) is 73.2. The van der Waals surface area contributed by atoms with E-state index in [0.717, 1.165) is 0 Å². The van der Waals surface area contributed by atoms with Gasteiger partial charge in [-0.05, 0) is 0 Å². The van der Waals surface area contributed by atoms with Gasteiger partial charge in [0.1, 0.15) is 195 Å². The number of ether oxygens (including phenoxy) is 16. The maximum Gasteiger partial charge on any atom is 0.187 e. The number of hydrogen-bond acceptors (Lipinski definition) is 40. The normalized spacial score (nSPS) is 54.7. The van der Waals surface area contributed by atoms with Crippen molar-refractivity contribution in [3.8, 4) is 0 Å². The predicted molar refractivity (Wildman–Crippen MR) is 265 cm³/mol. The summed E-state index contributed by atoms with van der Waals surface area (Å²) in [5.74, 6) is 0. The van der Waals surface area contributed by atoms with Gasteiger partial charge in [-0.15, -0.1) is 0 Å². The maximum absolute atomic E-state index is 11.4. The Kier molecular flexibility index (Phi) is 25.5. The highest BCUT2D eigenvalue weighted by Crippen LogP contribution is 2.40. The minimum atomic E-state index is -2.25. The molecule has 41 heteroatoms. The monoisotopic (exact) mass is 1310 g/mol. The molecule has 30 saturated heterocycles. The molecule has 0 radical (unpaired) electrons. The fraction of sp³-hybridized carbons (Fsp3) is 1.00. The van der Waals surface area contributed by atoms with Crippen LogP contribution in [0.4, 0.5) is 0 Å². The lowest BCUT2D eigenvalue weighted by atomic mass is 9.94. The van der Waals surface area contributed by atoms with Crippen molar-refractivity contribution in [3.63, 3.8) is 0 Å². The van der Waals surface area contributed by atoms with Crippen molar-refractivity contribution >= 4 is 0 Å². The molecule has 0 spiro atoms. The minimum absolute atomic E-state index is 0. The Morgan fingerprint density at radius 1 is 0.146 bits per heavy atom. The van der Waals surface area contributed by atoms with E-state index in [2.05, 4.69) is 0 Å². The Balaban J connectivity index is 0.0000102. The Morgan fingerprint density at radius 2 is 0.236 bits per heavy atom. The lowest BCUT2D eigenvalue weighted by molar-refractivity contribution is -0.404. The van der Waals surface area contributed by atoms with E-state index in [1.165, 1.54) is 0 Å². The topological polar surface area (TPSA) is 665 Å². The Hall–Kier alpha value is -1.64. The molecular formula is C48H82O41. The van der Waals surface area contributed by atoms with Crippen LogP contribution in [0.15, 0.2) is 0 Å². The van der Waals surface area contributed by atoms with Crippen molar-refractivity contribution in [3.05, 3.63) is 0 Å². The molecular weight excluding hydrogens is 1230 g/mol. The molecule has 26 N–H and O–H groups in total. The fourth-order valence-corrected chi connectivity index (χ4v) is 11.9. The van der Waals surface area contributed by atoms with E-state index >= 15 is 0 Å². The molecule has 0 saturated carbocycles. The second kappa shape index (κ2) is 31.0. The summed E-state index contributed by atoms with van der Waals surface area (Å²) < 4.78 is 91.1. The van der Waals surface area contributed by atoms with Crippen LogP contribution in [-0.4, -0.2) is 427 Å². The van der Waals surface area contributed by atoms with E-state index in [0.29, 0.717) is 0 Å². The highest BCUT2D eigenvalue weighted by atomic mass is 16.8. The van der Waals surface area contributed by atoms with Gasteiger partial charge in [-0.2, -0.15) is 0 Å². The molecule has 30 aliphatic heterocycles. The SMILES string of the molecule is O.OC[C@@H]1OC2O[C@@H]3[C@@H](O)[C@H](O)[C@H](O[C@@H]4[C@@H](O)[C@H](O)[C@H](O[C@@H]5[C@@H](O)[C@H](O)[C@H](O[C@H]6[C@H](O)[C@@H](O)[C@@H](O[C@H]7[C@H](O)[C@@H](O)[C@@H](O[C@H]8[C@H](O)[C@@H](O)[C@@H](O[C@@H]9[C@@H](O)[C@H](O)[C@H](O[C@@H]1[C@@H](O)[C@@H]2O)O[C@H]9CO)O[C@@H]8CO)O[C@@H]7CO)O[C@H]6CO)O[C@H]5CO)O[C@H]4CO)O[C@H]3CO. The Bertz CT molecular complexity index is 1710. The predicted octanol–water partition coefficient (Wildman–Crippen LogP) is -18.2. The summed E-state index contributed by atoms with van der Waals surface area (Å²) in [7, 11) is 0. The van der Waals surface area contributed by atoms with Crippen LogP contribution < -0.4 is 0 Å². The van der Waals surface area contributed by atoms with Gasteiger partial charge in [0.15, 0.2) is 50.3 Å². The van der Waals surface area contributed by atoms with E-state index in [9.17, 15) is 123 Å². The van der Waals surface area contributed by atoms with E-state index in [1.807, 2.05) is 0 Å². The molecule has 0 aliphatic carbocycles. The molecule has 89 heavy (non-hydrogen) atoms. The first-order valence-corrected chi connectivity index (χ1v) is 28.1. The van der Waals surface area contributed by atoms with E-state index < -0.39 is 299 Å². The number of hydrogen-bond donors (Lipinski definition) is 24. The van der Waals surface area contributed by atoms with E-state index in [1.54, 1.807) is 0 Å². The molecule has 0 aromatic rings. The summed E-state index contributed by atoms with van der Waals surface area (Å²) in [5.41, 5.74) is 0. The third-order valence-electron chi connectivity index (χ3n) is 16.9. The van der Waals surface area contributed by atoms with Crippen LogP contribution in [-0.2, 0) is 75.8 Å². The van der Waals surface area contributed by atoms with Crippen LogP contribution in [0.25, 0.3) is 0 Å². The minimum Gasteiger partial charge on any atom is -0.412 e. The third-order valence-corrected chi connectivity index (χ3v) is 16.9. The number of rotatable bonds is 8. The first-order chi connectivity index (χ1) is 41.9. The van der Waals surface area contributed by atoms with Crippen LogP contribution in [0.5, 0.6) is 0 Å². The zero-order valence-electron chi connectivity index (χ0n) is 46.5. The standard InChI is InChI=1S/C48H80O40.H2O/c49-1-9-33-17(57)25(65)41(73-9)82-34-10(2-50)75-43(27(67)19(34)59)84-36-12(4-52)77-45(29(69)21(36)61)86-38-14(6-54)79-47(31(71)23(38)63)88-40-16(8-56)80-48(32(72)24(40)64)87-39-15(7-55)78-46(30(70)22(39)62)85-37-13(5-53)76-44(28(68)20(37)60)83-35-11(3-51)74-42(81-33)26(66)18(35)58;/h9-72H,1-8H2;1H2/t9-,10-,11-,12-,13-,14-,15+,16+,17-,18-,19-,20-,21-,22+,23+,24+,25-,26-,27-,28-,29-,30+,31+,32+,33-,34-,35-,36-,37-,38+,39+,40+,41-,42?,43-,44-,45-,46+,47+,48+;/m0./s1. The molecule has 30 rings (SSSR count). The molecule has 30 aliphatic rings. The van der Waals surface area contributed by atoms with Gasteiger partial charge in [0.2, 0.25) is 0 Å². The molecule has 1 unspecified atom stereocenters. The molecule has 0 amide bonds. The molecule has 520 valence electrons. The Morgan fingerprint density at radius 3 is 0.315 bits per heavy atom. The van der Waals surface area contributed by atoms with Crippen LogP contribution in [0.3, 0.4) is 0 Å². The molecule has 41 nitrogen and oxygen atoms in total. The highest BCUT2D eigenvalue weighted by molar-refractivity contribution is 5.02. The van der Waals surface area contributed by atoms with Crippen molar-refractivity contribution < 1.29 is 204 Å². The van der Waals surface area contributed by atoms with Crippen LogP contribution in [0, 0.1) is 0 Å². The second-order valence-corrected chi connectivity index (χ2v) is 22.5. The smallest absolute Gasteiger partial charge is 0.187 e. The van der Waals surface area contributed by atoms with Gasteiger partial charge in [0.05, 0.1) is 52.9 Å². The summed E-state index contributed by atoms with van der Waals surface area (Å²) >= 11 is 0. The summed E-state index contributed by atoms with van der Waals surface area (Å²) in [5, 5.41) is 265. The lowest BCUT2D eigenvalue weighted by Crippen LogP contribution is -2.69. The summed E-state index contributed by atoms with van der Waals surface area (Å²) in [6.45, 7) is -8.64. The largest absolute Gasteiger partial charge is 0.412 e. The first-order valence-electron chi connectivity index (χ1n) is 28.1. The van der Waals surface area contributed by atoms with Crippen LogP contribution in [0.2, 0.25) is 0 Å². The van der Waals surface area contributed by atoms with E-state index in [-0.39, 0.29) is 5.48 Å². The second-order valence-electron chi connectivity index (χ2n) is 22.5. The summed E-state index contributed by atoms with van der Waals surface area (Å²) in [6.07, 6.45) is -82.0. The van der Waals surface area contributed by atoms with Gasteiger partial charge < -0.3 is 204 Å². The quantitative estimate of drug-likeness (QED) is 0.107. The summed E-state index contributed by atoms with van der Waals surface area (Å²) in [4.78, 5) is 0. The zero-order valence-corrected chi connectivity index (χ0v) is 46.5.